The van der Waals surface area contributed by atoms with Gasteiger partial charge in [0.1, 0.15) is 5.82 Å². The van der Waals surface area contributed by atoms with E-state index in [9.17, 15) is 14.0 Å². The Hall–Kier alpha value is -2.89. The molecule has 1 fully saturated rings. The quantitative estimate of drug-likeness (QED) is 0.837. The standard InChI is InChI=1S/C21H24FN3O2/c22-17-11-5-6-12-18(17)24-21(27)25-14-8-2-7-13-23-20(26)15-19(25)16-9-3-1-4-10-16/h1,3-6,9-12,19H,2,7-8,13-15H2,(H,23,26)(H,24,27). The third-order valence-corrected chi connectivity index (χ3v) is 4.71. The van der Waals surface area contributed by atoms with Gasteiger partial charge >= 0.3 is 6.03 Å². The topological polar surface area (TPSA) is 61.4 Å². The number of hydrogen-bond donors (Lipinski definition) is 2. The summed E-state index contributed by atoms with van der Waals surface area (Å²) in [6.45, 7) is 1.16. The van der Waals surface area contributed by atoms with Gasteiger partial charge < -0.3 is 15.5 Å². The number of nitrogens with zero attached hydrogens (tertiary/aromatic N) is 1. The first-order valence-corrected chi connectivity index (χ1v) is 9.29. The number of carbonyl (C=O) groups is 2. The number of nitrogens with one attached hydrogen (secondary N) is 2. The van der Waals surface area contributed by atoms with E-state index in [2.05, 4.69) is 10.6 Å². The van der Waals surface area contributed by atoms with E-state index >= 15 is 0 Å². The predicted octanol–water partition coefficient (Wildman–Crippen LogP) is 4.09. The van der Waals surface area contributed by atoms with Crippen LogP contribution in [0.4, 0.5) is 14.9 Å². The maximum absolute atomic E-state index is 14.0. The Bertz CT molecular complexity index is 782. The lowest BCUT2D eigenvalue weighted by molar-refractivity contribution is -0.122. The lowest BCUT2D eigenvalue weighted by Crippen LogP contribution is -2.42. The number of urea groups is 1. The van der Waals surface area contributed by atoms with Crippen molar-refractivity contribution in [3.8, 4) is 0 Å². The molecule has 0 bridgehead atoms. The summed E-state index contributed by atoms with van der Waals surface area (Å²) < 4.78 is 14.0. The van der Waals surface area contributed by atoms with E-state index in [0.29, 0.717) is 13.1 Å². The molecule has 2 N–H and O–H groups in total. The number of anilines is 1. The van der Waals surface area contributed by atoms with Crippen molar-refractivity contribution in [2.45, 2.75) is 31.7 Å². The normalized spacial score (nSPS) is 18.5. The van der Waals surface area contributed by atoms with Crippen molar-refractivity contribution in [3.05, 3.63) is 66.0 Å². The van der Waals surface area contributed by atoms with Gasteiger partial charge in [-0.3, -0.25) is 4.79 Å². The fraction of sp³-hybridized carbons (Fsp3) is 0.333. The maximum Gasteiger partial charge on any atom is 0.322 e. The Morgan fingerprint density at radius 3 is 2.56 bits per heavy atom. The Morgan fingerprint density at radius 2 is 1.78 bits per heavy atom. The Balaban J connectivity index is 1.88. The minimum atomic E-state index is -0.485. The second-order valence-corrected chi connectivity index (χ2v) is 6.64. The highest BCUT2D eigenvalue weighted by Crippen LogP contribution is 2.27. The first kappa shape index (κ1) is 18.9. The van der Waals surface area contributed by atoms with E-state index in [1.165, 1.54) is 12.1 Å². The maximum atomic E-state index is 14.0. The molecular formula is C21H24FN3O2. The van der Waals surface area contributed by atoms with Crippen LogP contribution in [0.5, 0.6) is 0 Å². The van der Waals surface area contributed by atoms with Crippen LogP contribution in [0.25, 0.3) is 0 Å². The molecule has 1 aliphatic rings. The lowest BCUT2D eigenvalue weighted by Gasteiger charge is -2.33. The van der Waals surface area contributed by atoms with Crippen LogP contribution in [0.1, 0.15) is 37.3 Å². The molecule has 1 unspecified atom stereocenters. The SMILES string of the molecule is O=C1CC(c2ccccc2)N(C(=O)Nc2ccccc2F)CCCCCN1. The molecule has 1 aliphatic heterocycles. The first-order valence-electron chi connectivity index (χ1n) is 9.29. The smallest absolute Gasteiger partial charge is 0.322 e. The molecule has 5 nitrogen and oxygen atoms in total. The summed E-state index contributed by atoms with van der Waals surface area (Å²) in [6.07, 6.45) is 2.79. The molecule has 0 spiro atoms. The highest BCUT2D eigenvalue weighted by Gasteiger charge is 2.28. The molecule has 2 aromatic rings. The van der Waals surface area contributed by atoms with E-state index in [-0.39, 0.29) is 18.0 Å². The molecule has 1 heterocycles. The van der Waals surface area contributed by atoms with E-state index < -0.39 is 17.9 Å². The van der Waals surface area contributed by atoms with Crippen LogP contribution in [-0.4, -0.2) is 29.9 Å². The Kier molecular flexibility index (Phi) is 6.41. The van der Waals surface area contributed by atoms with Crippen LogP contribution >= 0.6 is 0 Å². The minimum absolute atomic E-state index is 0.0885. The van der Waals surface area contributed by atoms with E-state index in [4.69, 9.17) is 0 Å². The molecule has 0 aliphatic carbocycles. The van der Waals surface area contributed by atoms with Crippen LogP contribution < -0.4 is 10.6 Å². The molecule has 2 aromatic carbocycles. The van der Waals surface area contributed by atoms with Crippen LogP contribution in [-0.2, 0) is 4.79 Å². The van der Waals surface area contributed by atoms with Crippen molar-refractivity contribution in [1.29, 1.82) is 0 Å². The molecule has 1 saturated heterocycles. The van der Waals surface area contributed by atoms with Gasteiger partial charge in [-0.1, -0.05) is 42.5 Å². The number of rotatable bonds is 2. The molecule has 0 saturated carbocycles. The van der Waals surface area contributed by atoms with Gasteiger partial charge in [-0.05, 0) is 37.0 Å². The Labute approximate surface area is 158 Å². The lowest BCUT2D eigenvalue weighted by atomic mass is 10.0. The largest absolute Gasteiger partial charge is 0.356 e. The second-order valence-electron chi connectivity index (χ2n) is 6.64. The van der Waals surface area contributed by atoms with Crippen LogP contribution in [0, 0.1) is 5.82 Å². The average Bonchev–Trinajstić information content (AvgIpc) is 2.68. The summed E-state index contributed by atoms with van der Waals surface area (Å²) in [6, 6.07) is 14.8. The molecule has 0 radical (unpaired) electrons. The zero-order valence-electron chi connectivity index (χ0n) is 15.2. The van der Waals surface area contributed by atoms with Crippen molar-refractivity contribution in [2.75, 3.05) is 18.4 Å². The number of hydrogen-bond acceptors (Lipinski definition) is 2. The van der Waals surface area contributed by atoms with Gasteiger partial charge in [-0.25, -0.2) is 9.18 Å². The summed E-state index contributed by atoms with van der Waals surface area (Å²) in [5.41, 5.74) is 1.02. The van der Waals surface area contributed by atoms with E-state index in [0.717, 1.165) is 24.8 Å². The molecular weight excluding hydrogens is 345 g/mol. The second kappa shape index (κ2) is 9.16. The third kappa shape index (κ3) is 5.06. The van der Waals surface area contributed by atoms with Crippen molar-refractivity contribution in [2.24, 2.45) is 0 Å². The molecule has 6 heteroatoms. The monoisotopic (exact) mass is 369 g/mol. The highest BCUT2D eigenvalue weighted by molar-refractivity contribution is 5.90. The third-order valence-electron chi connectivity index (χ3n) is 4.71. The van der Waals surface area contributed by atoms with Crippen molar-refractivity contribution >= 4 is 17.6 Å². The van der Waals surface area contributed by atoms with Crippen LogP contribution in [0.3, 0.4) is 0 Å². The van der Waals surface area contributed by atoms with Crippen LogP contribution in [0.15, 0.2) is 54.6 Å². The molecule has 1 atom stereocenters. The molecule has 3 rings (SSSR count). The van der Waals surface area contributed by atoms with Gasteiger partial charge in [0.15, 0.2) is 0 Å². The number of halogens is 1. The number of amides is 3. The number of carbonyl (C=O) groups excluding carboxylic acids is 2. The van der Waals surface area contributed by atoms with Gasteiger partial charge in [0, 0.05) is 13.1 Å². The Morgan fingerprint density at radius 1 is 1.04 bits per heavy atom. The predicted molar refractivity (Wildman–Crippen MR) is 103 cm³/mol. The average molecular weight is 369 g/mol. The fourth-order valence-corrected chi connectivity index (χ4v) is 3.29. The zero-order valence-corrected chi connectivity index (χ0v) is 15.2. The fourth-order valence-electron chi connectivity index (χ4n) is 3.29. The van der Waals surface area contributed by atoms with E-state index in [1.54, 1.807) is 17.0 Å². The summed E-state index contributed by atoms with van der Waals surface area (Å²) in [5, 5.41) is 5.57. The van der Waals surface area contributed by atoms with Gasteiger partial charge in [-0.2, -0.15) is 0 Å². The van der Waals surface area contributed by atoms with Gasteiger partial charge in [0.05, 0.1) is 18.2 Å². The van der Waals surface area contributed by atoms with Gasteiger partial charge in [0.2, 0.25) is 5.91 Å². The van der Waals surface area contributed by atoms with E-state index in [1.807, 2.05) is 30.3 Å². The summed E-state index contributed by atoms with van der Waals surface area (Å²) in [5.74, 6) is -0.574. The minimum Gasteiger partial charge on any atom is -0.356 e. The van der Waals surface area contributed by atoms with Crippen LogP contribution in [0.2, 0.25) is 0 Å². The molecule has 0 aromatic heterocycles. The number of benzene rings is 2. The molecule has 142 valence electrons. The first-order chi connectivity index (χ1) is 13.1. The summed E-state index contributed by atoms with van der Waals surface area (Å²) in [7, 11) is 0. The zero-order chi connectivity index (χ0) is 19.1. The van der Waals surface area contributed by atoms with Crippen molar-refractivity contribution in [1.82, 2.24) is 10.2 Å². The molecule has 27 heavy (non-hydrogen) atoms. The summed E-state index contributed by atoms with van der Waals surface area (Å²) >= 11 is 0. The highest BCUT2D eigenvalue weighted by atomic mass is 19.1. The molecule has 3 amide bonds. The van der Waals surface area contributed by atoms with Gasteiger partial charge in [-0.15, -0.1) is 0 Å². The van der Waals surface area contributed by atoms with Gasteiger partial charge in [0.25, 0.3) is 0 Å². The number of para-hydroxylation sites is 1. The summed E-state index contributed by atoms with van der Waals surface area (Å²) in [4.78, 5) is 27.0. The van der Waals surface area contributed by atoms with Crippen molar-refractivity contribution < 1.29 is 14.0 Å². The van der Waals surface area contributed by atoms with Crippen molar-refractivity contribution in [3.63, 3.8) is 0 Å².